The predicted molar refractivity (Wildman–Crippen MR) is 77.0 cm³/mol. The number of rotatable bonds is 2. The monoisotopic (exact) mass is 254 g/mol. The van der Waals surface area contributed by atoms with Gasteiger partial charge < -0.3 is 9.47 Å². The van der Waals surface area contributed by atoms with E-state index in [0.29, 0.717) is 19.1 Å². The van der Waals surface area contributed by atoms with Crippen LogP contribution in [0.4, 0.5) is 0 Å². The molecule has 0 aromatic heterocycles. The minimum Gasteiger partial charge on any atom is -0.486 e. The van der Waals surface area contributed by atoms with Gasteiger partial charge in [0.15, 0.2) is 11.5 Å². The summed E-state index contributed by atoms with van der Waals surface area (Å²) in [6.07, 6.45) is 0. The van der Waals surface area contributed by atoms with Crippen LogP contribution in [0.5, 0.6) is 11.5 Å². The van der Waals surface area contributed by atoms with Gasteiger partial charge in [-0.25, -0.2) is 0 Å². The SMILES string of the molecule is CC(C)c1ccccc1-c1ccc2c(c1)OCCO2. The first-order valence-corrected chi connectivity index (χ1v) is 6.74. The highest BCUT2D eigenvalue weighted by atomic mass is 16.6. The summed E-state index contributed by atoms with van der Waals surface area (Å²) >= 11 is 0. The maximum atomic E-state index is 5.66. The summed E-state index contributed by atoms with van der Waals surface area (Å²) in [6, 6.07) is 14.7. The van der Waals surface area contributed by atoms with Gasteiger partial charge in [0.1, 0.15) is 13.2 Å². The van der Waals surface area contributed by atoms with Crippen molar-refractivity contribution >= 4 is 0 Å². The summed E-state index contributed by atoms with van der Waals surface area (Å²) in [5, 5.41) is 0. The lowest BCUT2D eigenvalue weighted by Gasteiger charge is -2.20. The first-order chi connectivity index (χ1) is 9.25. The van der Waals surface area contributed by atoms with E-state index in [1.165, 1.54) is 16.7 Å². The van der Waals surface area contributed by atoms with E-state index in [1.807, 2.05) is 6.07 Å². The lowest BCUT2D eigenvalue weighted by atomic mass is 9.92. The molecule has 0 N–H and O–H groups in total. The van der Waals surface area contributed by atoms with Gasteiger partial charge in [-0.1, -0.05) is 44.2 Å². The van der Waals surface area contributed by atoms with Gasteiger partial charge in [0.05, 0.1) is 0 Å². The van der Waals surface area contributed by atoms with Gasteiger partial charge in [-0.3, -0.25) is 0 Å². The third kappa shape index (κ3) is 2.30. The van der Waals surface area contributed by atoms with E-state index < -0.39 is 0 Å². The second-order valence-corrected chi connectivity index (χ2v) is 5.10. The Kier molecular flexibility index (Phi) is 3.16. The van der Waals surface area contributed by atoms with Crippen LogP contribution in [0.25, 0.3) is 11.1 Å². The smallest absolute Gasteiger partial charge is 0.161 e. The Morgan fingerprint density at radius 1 is 0.895 bits per heavy atom. The summed E-state index contributed by atoms with van der Waals surface area (Å²) in [4.78, 5) is 0. The number of hydrogen-bond acceptors (Lipinski definition) is 2. The van der Waals surface area contributed by atoms with E-state index in [-0.39, 0.29) is 0 Å². The molecular weight excluding hydrogens is 236 g/mol. The van der Waals surface area contributed by atoms with Crippen molar-refractivity contribution in [3.05, 3.63) is 48.0 Å². The summed E-state index contributed by atoms with van der Waals surface area (Å²) in [5.74, 6) is 2.20. The van der Waals surface area contributed by atoms with E-state index in [0.717, 1.165) is 11.5 Å². The summed E-state index contributed by atoms with van der Waals surface area (Å²) in [7, 11) is 0. The summed E-state index contributed by atoms with van der Waals surface area (Å²) < 4.78 is 11.2. The van der Waals surface area contributed by atoms with Crippen molar-refractivity contribution in [1.82, 2.24) is 0 Å². The Balaban J connectivity index is 2.07. The van der Waals surface area contributed by atoms with Crippen LogP contribution in [0.15, 0.2) is 42.5 Å². The van der Waals surface area contributed by atoms with Crippen molar-refractivity contribution in [3.63, 3.8) is 0 Å². The number of benzene rings is 2. The van der Waals surface area contributed by atoms with E-state index >= 15 is 0 Å². The van der Waals surface area contributed by atoms with Crippen molar-refractivity contribution in [2.75, 3.05) is 13.2 Å². The zero-order chi connectivity index (χ0) is 13.2. The molecule has 0 amide bonds. The van der Waals surface area contributed by atoms with Crippen LogP contribution in [0.2, 0.25) is 0 Å². The molecule has 0 fully saturated rings. The molecule has 0 bridgehead atoms. The van der Waals surface area contributed by atoms with Crippen LogP contribution in [-0.4, -0.2) is 13.2 Å². The molecule has 2 aromatic carbocycles. The van der Waals surface area contributed by atoms with Crippen LogP contribution in [0.1, 0.15) is 25.3 Å². The third-order valence-corrected chi connectivity index (χ3v) is 3.44. The van der Waals surface area contributed by atoms with Crippen LogP contribution >= 0.6 is 0 Å². The van der Waals surface area contributed by atoms with Crippen molar-refractivity contribution < 1.29 is 9.47 Å². The fraction of sp³-hybridized carbons (Fsp3) is 0.294. The molecule has 19 heavy (non-hydrogen) atoms. The van der Waals surface area contributed by atoms with Crippen LogP contribution < -0.4 is 9.47 Å². The van der Waals surface area contributed by atoms with Crippen LogP contribution in [0, 0.1) is 0 Å². The fourth-order valence-electron chi connectivity index (χ4n) is 2.47. The molecule has 1 aliphatic rings. The molecule has 2 heteroatoms. The van der Waals surface area contributed by atoms with Crippen molar-refractivity contribution in [3.8, 4) is 22.6 Å². The molecule has 1 aliphatic heterocycles. The average molecular weight is 254 g/mol. The molecule has 0 saturated heterocycles. The highest BCUT2D eigenvalue weighted by Gasteiger charge is 2.14. The van der Waals surface area contributed by atoms with E-state index in [9.17, 15) is 0 Å². The van der Waals surface area contributed by atoms with Crippen molar-refractivity contribution in [2.45, 2.75) is 19.8 Å². The minimum atomic E-state index is 0.504. The molecule has 0 saturated carbocycles. The number of ether oxygens (including phenoxy) is 2. The lowest BCUT2D eigenvalue weighted by Crippen LogP contribution is -2.15. The molecule has 2 nitrogen and oxygen atoms in total. The molecule has 3 rings (SSSR count). The maximum Gasteiger partial charge on any atom is 0.161 e. The van der Waals surface area contributed by atoms with E-state index in [1.54, 1.807) is 0 Å². The third-order valence-electron chi connectivity index (χ3n) is 3.44. The number of hydrogen-bond donors (Lipinski definition) is 0. The first kappa shape index (κ1) is 12.1. The van der Waals surface area contributed by atoms with Crippen LogP contribution in [0.3, 0.4) is 0 Å². The van der Waals surface area contributed by atoms with Gasteiger partial charge in [0, 0.05) is 0 Å². The molecular formula is C17H18O2. The Morgan fingerprint density at radius 2 is 1.63 bits per heavy atom. The molecule has 0 aliphatic carbocycles. The van der Waals surface area contributed by atoms with Gasteiger partial charge in [0.25, 0.3) is 0 Å². The lowest BCUT2D eigenvalue weighted by molar-refractivity contribution is 0.171. The van der Waals surface area contributed by atoms with Crippen molar-refractivity contribution in [1.29, 1.82) is 0 Å². The minimum absolute atomic E-state index is 0.504. The molecule has 0 spiro atoms. The zero-order valence-corrected chi connectivity index (χ0v) is 11.3. The zero-order valence-electron chi connectivity index (χ0n) is 11.3. The normalized spacial score (nSPS) is 13.6. The standard InChI is InChI=1S/C17H18O2/c1-12(2)14-5-3-4-6-15(14)13-7-8-16-17(11-13)19-10-9-18-16/h3-8,11-12H,9-10H2,1-2H3. The molecule has 1 heterocycles. The second kappa shape index (κ2) is 4.96. The highest BCUT2D eigenvalue weighted by Crippen LogP contribution is 2.36. The molecule has 2 aromatic rings. The number of fused-ring (bicyclic) bond motifs is 1. The van der Waals surface area contributed by atoms with E-state index in [2.05, 4.69) is 50.2 Å². The van der Waals surface area contributed by atoms with Gasteiger partial charge in [-0.15, -0.1) is 0 Å². The largest absolute Gasteiger partial charge is 0.486 e. The van der Waals surface area contributed by atoms with Crippen LogP contribution in [-0.2, 0) is 0 Å². The Hall–Kier alpha value is -1.96. The summed E-state index contributed by atoms with van der Waals surface area (Å²) in [5.41, 5.74) is 3.82. The first-order valence-electron chi connectivity index (χ1n) is 6.74. The molecule has 0 unspecified atom stereocenters. The van der Waals surface area contributed by atoms with Gasteiger partial charge in [-0.2, -0.15) is 0 Å². The molecule has 0 atom stereocenters. The Morgan fingerprint density at radius 3 is 2.42 bits per heavy atom. The Bertz CT molecular complexity index is 588. The topological polar surface area (TPSA) is 18.5 Å². The van der Waals surface area contributed by atoms with Gasteiger partial charge in [-0.05, 0) is 34.7 Å². The van der Waals surface area contributed by atoms with E-state index in [4.69, 9.17) is 9.47 Å². The molecule has 0 radical (unpaired) electrons. The highest BCUT2D eigenvalue weighted by molar-refractivity contribution is 5.71. The summed E-state index contributed by atoms with van der Waals surface area (Å²) in [6.45, 7) is 5.70. The average Bonchev–Trinajstić information content (AvgIpc) is 2.46. The Labute approximate surface area is 114 Å². The second-order valence-electron chi connectivity index (χ2n) is 5.10. The van der Waals surface area contributed by atoms with Crippen molar-refractivity contribution in [2.24, 2.45) is 0 Å². The molecule has 98 valence electrons. The predicted octanol–water partition coefficient (Wildman–Crippen LogP) is 4.25. The van der Waals surface area contributed by atoms with Gasteiger partial charge >= 0.3 is 0 Å². The quantitative estimate of drug-likeness (QED) is 0.797. The van der Waals surface area contributed by atoms with Gasteiger partial charge in [0.2, 0.25) is 0 Å². The maximum absolute atomic E-state index is 5.66. The fourth-order valence-corrected chi connectivity index (χ4v) is 2.47.